The summed E-state index contributed by atoms with van der Waals surface area (Å²) in [6, 6.07) is 10.0. The summed E-state index contributed by atoms with van der Waals surface area (Å²) in [6.07, 6.45) is 6.44. The van der Waals surface area contributed by atoms with Gasteiger partial charge in [0.25, 0.3) is 5.56 Å². The number of aromatic nitrogens is 4. The molecule has 0 aliphatic heterocycles. The Hall–Kier alpha value is -3.35. The van der Waals surface area contributed by atoms with E-state index in [0.29, 0.717) is 11.4 Å². The van der Waals surface area contributed by atoms with Gasteiger partial charge < -0.3 is 5.32 Å². The van der Waals surface area contributed by atoms with Crippen LogP contribution >= 0.6 is 0 Å². The molecule has 3 rings (SSSR count). The molecule has 0 unspecified atom stereocenters. The number of anilines is 1. The minimum absolute atomic E-state index is 0.179. The van der Waals surface area contributed by atoms with E-state index in [1.54, 1.807) is 42.9 Å². The highest BCUT2D eigenvalue weighted by Crippen LogP contribution is 2.12. The van der Waals surface area contributed by atoms with Crippen LogP contribution in [-0.4, -0.2) is 25.7 Å². The summed E-state index contributed by atoms with van der Waals surface area (Å²) in [4.78, 5) is 31.8. The van der Waals surface area contributed by atoms with E-state index in [4.69, 9.17) is 0 Å². The number of nitrogens with zero attached hydrogens (tertiary/aromatic N) is 4. The first-order valence-corrected chi connectivity index (χ1v) is 6.91. The number of hydrogen-bond acceptors (Lipinski definition) is 5. The molecular weight excluding hydrogens is 294 g/mol. The number of carbonyl (C=O) groups excluding carboxylic acids is 1. The van der Waals surface area contributed by atoms with Crippen molar-refractivity contribution in [3.63, 3.8) is 0 Å². The maximum absolute atomic E-state index is 12.0. The second-order valence-electron chi connectivity index (χ2n) is 4.75. The molecule has 7 heteroatoms. The Bertz CT molecular complexity index is 862. The molecule has 0 aromatic carbocycles. The van der Waals surface area contributed by atoms with Gasteiger partial charge in [0.2, 0.25) is 5.91 Å². The molecule has 0 atom stereocenters. The first kappa shape index (κ1) is 14.6. The smallest absolute Gasteiger partial charge is 0.267 e. The predicted molar refractivity (Wildman–Crippen MR) is 84.6 cm³/mol. The highest BCUT2D eigenvalue weighted by Gasteiger charge is 2.08. The van der Waals surface area contributed by atoms with Gasteiger partial charge in [-0.1, -0.05) is 0 Å². The molecule has 7 nitrogen and oxygen atoms in total. The lowest BCUT2D eigenvalue weighted by atomic mass is 10.2. The summed E-state index contributed by atoms with van der Waals surface area (Å²) >= 11 is 0. The summed E-state index contributed by atoms with van der Waals surface area (Å²) < 4.78 is 1.12. The van der Waals surface area contributed by atoms with Crippen LogP contribution in [0.25, 0.3) is 11.3 Å². The molecule has 0 bridgehead atoms. The van der Waals surface area contributed by atoms with Crippen molar-refractivity contribution in [3.05, 3.63) is 71.5 Å². The molecule has 0 spiro atoms. The van der Waals surface area contributed by atoms with Crippen molar-refractivity contribution in [2.45, 2.75) is 6.54 Å². The summed E-state index contributed by atoms with van der Waals surface area (Å²) in [6.45, 7) is -0.179. The Kier molecular flexibility index (Phi) is 4.19. The van der Waals surface area contributed by atoms with E-state index in [0.717, 1.165) is 10.2 Å². The molecule has 1 amide bonds. The monoisotopic (exact) mass is 307 g/mol. The first-order valence-electron chi connectivity index (χ1n) is 6.91. The number of pyridine rings is 2. The fourth-order valence-corrected chi connectivity index (χ4v) is 2.00. The van der Waals surface area contributed by atoms with E-state index in [9.17, 15) is 9.59 Å². The lowest BCUT2D eigenvalue weighted by Gasteiger charge is -2.08. The molecule has 23 heavy (non-hydrogen) atoms. The van der Waals surface area contributed by atoms with Gasteiger partial charge in [-0.25, -0.2) is 4.68 Å². The van der Waals surface area contributed by atoms with Crippen molar-refractivity contribution in [2.24, 2.45) is 0 Å². The molecule has 0 aliphatic carbocycles. The Morgan fingerprint density at radius 3 is 2.52 bits per heavy atom. The number of rotatable bonds is 4. The normalized spacial score (nSPS) is 10.3. The number of carbonyl (C=O) groups is 1. The lowest BCUT2D eigenvalue weighted by Crippen LogP contribution is -2.29. The minimum atomic E-state index is -0.351. The zero-order chi connectivity index (χ0) is 16.1. The van der Waals surface area contributed by atoms with Crippen LogP contribution in [0.4, 0.5) is 5.69 Å². The van der Waals surface area contributed by atoms with Gasteiger partial charge in [-0.3, -0.25) is 19.6 Å². The largest absolute Gasteiger partial charge is 0.323 e. The van der Waals surface area contributed by atoms with Gasteiger partial charge in [-0.15, -0.1) is 0 Å². The summed E-state index contributed by atoms with van der Waals surface area (Å²) in [5, 5.41) is 6.88. The average Bonchev–Trinajstić information content (AvgIpc) is 2.58. The predicted octanol–water partition coefficient (Wildman–Crippen LogP) is 1.34. The first-order chi connectivity index (χ1) is 11.2. The van der Waals surface area contributed by atoms with Crippen LogP contribution in [0, 0.1) is 0 Å². The Morgan fingerprint density at radius 1 is 1.04 bits per heavy atom. The highest BCUT2D eigenvalue weighted by molar-refractivity contribution is 5.90. The van der Waals surface area contributed by atoms with Crippen LogP contribution in [0.1, 0.15) is 0 Å². The van der Waals surface area contributed by atoms with E-state index in [2.05, 4.69) is 20.4 Å². The topological polar surface area (TPSA) is 89.8 Å². The molecule has 114 valence electrons. The van der Waals surface area contributed by atoms with Crippen LogP contribution in [0.3, 0.4) is 0 Å². The van der Waals surface area contributed by atoms with Crippen LogP contribution in [0.5, 0.6) is 0 Å². The van der Waals surface area contributed by atoms with Crippen LogP contribution < -0.4 is 10.9 Å². The van der Waals surface area contributed by atoms with E-state index in [-0.39, 0.29) is 18.0 Å². The van der Waals surface area contributed by atoms with Crippen molar-refractivity contribution in [1.82, 2.24) is 19.7 Å². The van der Waals surface area contributed by atoms with Gasteiger partial charge in [-0.2, -0.15) is 5.10 Å². The van der Waals surface area contributed by atoms with Crippen molar-refractivity contribution >= 4 is 11.6 Å². The van der Waals surface area contributed by atoms with Crippen LogP contribution in [0.2, 0.25) is 0 Å². The molecule has 3 aromatic rings. The lowest BCUT2D eigenvalue weighted by molar-refractivity contribution is -0.117. The average molecular weight is 307 g/mol. The van der Waals surface area contributed by atoms with E-state index >= 15 is 0 Å². The highest BCUT2D eigenvalue weighted by atomic mass is 16.2. The molecule has 0 radical (unpaired) electrons. The van der Waals surface area contributed by atoms with Gasteiger partial charge >= 0.3 is 0 Å². The van der Waals surface area contributed by atoms with Crippen molar-refractivity contribution in [3.8, 4) is 11.3 Å². The van der Waals surface area contributed by atoms with Crippen molar-refractivity contribution in [2.75, 3.05) is 5.32 Å². The summed E-state index contributed by atoms with van der Waals surface area (Å²) in [5.74, 6) is -0.351. The van der Waals surface area contributed by atoms with Gasteiger partial charge in [0.05, 0.1) is 17.6 Å². The summed E-state index contributed by atoms with van der Waals surface area (Å²) in [5.41, 5.74) is 1.56. The third kappa shape index (κ3) is 3.65. The van der Waals surface area contributed by atoms with Gasteiger partial charge in [-0.05, 0) is 30.3 Å². The fraction of sp³-hybridized carbons (Fsp3) is 0.0625. The minimum Gasteiger partial charge on any atom is -0.323 e. The Morgan fingerprint density at radius 2 is 1.83 bits per heavy atom. The van der Waals surface area contributed by atoms with Gasteiger partial charge in [0.15, 0.2) is 0 Å². The van der Waals surface area contributed by atoms with Crippen molar-refractivity contribution in [1.29, 1.82) is 0 Å². The third-order valence-corrected chi connectivity index (χ3v) is 3.06. The Labute approximate surface area is 131 Å². The van der Waals surface area contributed by atoms with Crippen LogP contribution in [-0.2, 0) is 11.3 Å². The molecule has 0 saturated carbocycles. The second kappa shape index (κ2) is 6.61. The van der Waals surface area contributed by atoms with E-state index in [1.165, 1.54) is 12.3 Å². The van der Waals surface area contributed by atoms with E-state index in [1.807, 2.05) is 6.07 Å². The zero-order valence-electron chi connectivity index (χ0n) is 12.1. The molecule has 0 saturated heterocycles. The number of amides is 1. The molecule has 3 aromatic heterocycles. The fourth-order valence-electron chi connectivity index (χ4n) is 2.00. The third-order valence-electron chi connectivity index (χ3n) is 3.06. The van der Waals surface area contributed by atoms with E-state index < -0.39 is 0 Å². The maximum Gasteiger partial charge on any atom is 0.267 e. The van der Waals surface area contributed by atoms with Crippen molar-refractivity contribution < 1.29 is 4.79 Å². The summed E-state index contributed by atoms with van der Waals surface area (Å²) in [7, 11) is 0. The Balaban J connectivity index is 1.80. The number of nitrogens with one attached hydrogen (secondary N) is 1. The number of hydrogen-bond donors (Lipinski definition) is 1. The zero-order valence-corrected chi connectivity index (χ0v) is 12.1. The SMILES string of the molecule is O=C(Cn1nc(-c2cccnc2)ccc1=O)Nc1cccnc1. The molecule has 3 heterocycles. The molecule has 0 aliphatic rings. The quantitative estimate of drug-likeness (QED) is 0.785. The van der Waals surface area contributed by atoms with Gasteiger partial charge in [0.1, 0.15) is 6.54 Å². The molecule has 1 N–H and O–H groups in total. The molecular formula is C16H13N5O2. The molecule has 0 fully saturated rings. The van der Waals surface area contributed by atoms with Crippen LogP contribution in [0.15, 0.2) is 66.0 Å². The maximum atomic E-state index is 12.0. The van der Waals surface area contributed by atoms with Gasteiger partial charge in [0, 0.05) is 30.2 Å². The standard InChI is InChI=1S/C16H13N5O2/c22-15(19-13-4-2-8-18-10-13)11-21-16(23)6-5-14(20-21)12-3-1-7-17-9-12/h1-10H,11H2,(H,19,22). The second-order valence-corrected chi connectivity index (χ2v) is 4.75.